The second kappa shape index (κ2) is 6.84. The standard InChI is InChI=1S/C17H20N4O4/c1-5-13-19-16-14(17(22)20-13)21(9-18-16)8-10-6-11(23-2)15(25-4)12(7-10)24-3/h6-7,9H,5,8H2,1-4H3,(H,19,20,22). The molecule has 8 nitrogen and oxygen atoms in total. The Labute approximate surface area is 144 Å². The number of aryl methyl sites for hydroxylation is 1. The lowest BCUT2D eigenvalue weighted by atomic mass is 10.1. The van der Waals surface area contributed by atoms with E-state index in [2.05, 4.69) is 15.0 Å². The van der Waals surface area contributed by atoms with Crippen LogP contribution < -0.4 is 19.8 Å². The van der Waals surface area contributed by atoms with Crippen LogP contribution in [0.25, 0.3) is 11.2 Å². The third-order valence-corrected chi connectivity index (χ3v) is 3.94. The number of nitrogens with one attached hydrogen (secondary N) is 1. The Morgan fingerprint density at radius 2 is 1.80 bits per heavy atom. The third-order valence-electron chi connectivity index (χ3n) is 3.94. The molecule has 0 atom stereocenters. The van der Waals surface area contributed by atoms with Gasteiger partial charge >= 0.3 is 0 Å². The number of nitrogens with zero attached hydrogens (tertiary/aromatic N) is 3. The lowest BCUT2D eigenvalue weighted by Crippen LogP contribution is -2.15. The highest BCUT2D eigenvalue weighted by Crippen LogP contribution is 2.38. The van der Waals surface area contributed by atoms with E-state index in [1.807, 2.05) is 19.1 Å². The lowest BCUT2D eigenvalue weighted by molar-refractivity contribution is 0.323. The van der Waals surface area contributed by atoms with Crippen LogP contribution in [0.4, 0.5) is 0 Å². The van der Waals surface area contributed by atoms with Crippen molar-refractivity contribution in [1.29, 1.82) is 0 Å². The Bertz CT molecular complexity index is 936. The molecule has 8 heteroatoms. The summed E-state index contributed by atoms with van der Waals surface area (Å²) in [5.74, 6) is 2.26. The largest absolute Gasteiger partial charge is 0.493 e. The van der Waals surface area contributed by atoms with Gasteiger partial charge in [0.25, 0.3) is 5.56 Å². The number of rotatable bonds is 6. The highest BCUT2D eigenvalue weighted by Gasteiger charge is 2.15. The van der Waals surface area contributed by atoms with E-state index >= 15 is 0 Å². The first-order chi connectivity index (χ1) is 12.1. The highest BCUT2D eigenvalue weighted by molar-refractivity contribution is 5.69. The Morgan fingerprint density at radius 3 is 2.36 bits per heavy atom. The van der Waals surface area contributed by atoms with E-state index in [1.165, 1.54) is 0 Å². The maximum absolute atomic E-state index is 12.4. The fourth-order valence-electron chi connectivity index (χ4n) is 2.74. The van der Waals surface area contributed by atoms with Gasteiger partial charge in [-0.3, -0.25) is 4.79 Å². The summed E-state index contributed by atoms with van der Waals surface area (Å²) in [5.41, 5.74) is 1.55. The number of imidazole rings is 1. The molecule has 25 heavy (non-hydrogen) atoms. The van der Waals surface area contributed by atoms with E-state index in [4.69, 9.17) is 14.2 Å². The quantitative estimate of drug-likeness (QED) is 0.733. The summed E-state index contributed by atoms with van der Waals surface area (Å²) in [6, 6.07) is 3.68. The predicted octanol–water partition coefficient (Wildman–Crippen LogP) is 1.76. The zero-order valence-electron chi connectivity index (χ0n) is 14.6. The summed E-state index contributed by atoms with van der Waals surface area (Å²) in [4.78, 5) is 23.7. The fraction of sp³-hybridized carbons (Fsp3) is 0.353. The van der Waals surface area contributed by atoms with Gasteiger partial charge in [-0.2, -0.15) is 0 Å². The molecule has 0 bridgehead atoms. The van der Waals surface area contributed by atoms with Crippen molar-refractivity contribution in [3.8, 4) is 17.2 Å². The molecule has 0 saturated heterocycles. The van der Waals surface area contributed by atoms with Crippen LogP contribution in [0, 0.1) is 0 Å². The van der Waals surface area contributed by atoms with Crippen molar-refractivity contribution in [2.24, 2.45) is 0 Å². The molecular formula is C17H20N4O4. The van der Waals surface area contributed by atoms with Crippen LogP contribution >= 0.6 is 0 Å². The van der Waals surface area contributed by atoms with E-state index in [9.17, 15) is 4.79 Å². The first-order valence-electron chi connectivity index (χ1n) is 7.84. The average molecular weight is 344 g/mol. The fourth-order valence-corrected chi connectivity index (χ4v) is 2.74. The molecule has 132 valence electrons. The average Bonchev–Trinajstić information content (AvgIpc) is 3.03. The van der Waals surface area contributed by atoms with Crippen LogP contribution in [0.15, 0.2) is 23.3 Å². The number of methoxy groups -OCH3 is 3. The summed E-state index contributed by atoms with van der Waals surface area (Å²) in [6.45, 7) is 2.35. The molecule has 0 aliphatic rings. The van der Waals surface area contributed by atoms with Crippen LogP contribution in [-0.4, -0.2) is 40.8 Å². The molecule has 1 N–H and O–H groups in total. The van der Waals surface area contributed by atoms with Gasteiger partial charge in [-0.25, -0.2) is 9.97 Å². The van der Waals surface area contributed by atoms with E-state index in [-0.39, 0.29) is 5.56 Å². The number of fused-ring (bicyclic) bond motifs is 1. The van der Waals surface area contributed by atoms with Crippen molar-refractivity contribution in [2.75, 3.05) is 21.3 Å². The molecule has 0 saturated carbocycles. The molecule has 3 rings (SSSR count). The summed E-state index contributed by atoms with van der Waals surface area (Å²) < 4.78 is 17.8. The van der Waals surface area contributed by atoms with Crippen LogP contribution in [0.3, 0.4) is 0 Å². The number of benzene rings is 1. The van der Waals surface area contributed by atoms with Gasteiger partial charge in [0.05, 0.1) is 27.7 Å². The first kappa shape index (κ1) is 16.8. The SMILES string of the molecule is CCc1nc2ncn(Cc3cc(OC)c(OC)c(OC)c3)c2c(=O)[nH]1. The number of ether oxygens (including phenoxy) is 3. The Morgan fingerprint density at radius 1 is 1.12 bits per heavy atom. The van der Waals surface area contributed by atoms with Crippen molar-refractivity contribution in [3.05, 3.63) is 40.2 Å². The van der Waals surface area contributed by atoms with Crippen molar-refractivity contribution in [1.82, 2.24) is 19.5 Å². The topological polar surface area (TPSA) is 91.3 Å². The smallest absolute Gasteiger partial charge is 0.277 e. The number of hydrogen-bond acceptors (Lipinski definition) is 6. The third kappa shape index (κ3) is 3.02. The molecule has 0 fully saturated rings. The summed E-state index contributed by atoms with van der Waals surface area (Å²) in [6.07, 6.45) is 2.25. The number of hydrogen-bond donors (Lipinski definition) is 1. The first-order valence-corrected chi connectivity index (χ1v) is 7.84. The number of aromatic amines is 1. The van der Waals surface area contributed by atoms with E-state index < -0.39 is 0 Å². The van der Waals surface area contributed by atoms with E-state index in [1.54, 1.807) is 32.2 Å². The van der Waals surface area contributed by atoms with Gasteiger partial charge in [0, 0.05) is 13.0 Å². The monoisotopic (exact) mass is 344 g/mol. The van der Waals surface area contributed by atoms with Crippen LogP contribution in [0.2, 0.25) is 0 Å². The zero-order valence-corrected chi connectivity index (χ0v) is 14.6. The zero-order chi connectivity index (χ0) is 18.0. The molecule has 0 amide bonds. The minimum Gasteiger partial charge on any atom is -0.493 e. The second-order valence-corrected chi connectivity index (χ2v) is 5.44. The van der Waals surface area contributed by atoms with Gasteiger partial charge in [-0.15, -0.1) is 0 Å². The summed E-state index contributed by atoms with van der Waals surface area (Å²) in [5, 5.41) is 0. The van der Waals surface area contributed by atoms with Gasteiger partial charge in [0.1, 0.15) is 5.82 Å². The van der Waals surface area contributed by atoms with Gasteiger partial charge in [-0.05, 0) is 17.7 Å². The highest BCUT2D eigenvalue weighted by atomic mass is 16.5. The number of aromatic nitrogens is 4. The Hall–Kier alpha value is -3.03. The predicted molar refractivity (Wildman–Crippen MR) is 92.7 cm³/mol. The number of H-pyrrole nitrogens is 1. The van der Waals surface area contributed by atoms with Gasteiger partial charge in [0.2, 0.25) is 5.75 Å². The van der Waals surface area contributed by atoms with Gasteiger partial charge < -0.3 is 23.8 Å². The molecule has 2 heterocycles. The molecule has 0 spiro atoms. The lowest BCUT2D eigenvalue weighted by Gasteiger charge is -2.14. The molecule has 0 radical (unpaired) electrons. The minimum absolute atomic E-state index is 0.202. The Kier molecular flexibility index (Phi) is 4.60. The van der Waals surface area contributed by atoms with Gasteiger partial charge in [-0.1, -0.05) is 6.92 Å². The van der Waals surface area contributed by atoms with Crippen molar-refractivity contribution in [2.45, 2.75) is 19.9 Å². The molecule has 0 aliphatic heterocycles. The molecule has 0 unspecified atom stereocenters. The Balaban J connectivity index is 2.06. The van der Waals surface area contributed by atoms with E-state index in [0.717, 1.165) is 5.56 Å². The maximum Gasteiger partial charge on any atom is 0.277 e. The summed E-state index contributed by atoms with van der Waals surface area (Å²) in [7, 11) is 4.68. The maximum atomic E-state index is 12.4. The van der Waals surface area contributed by atoms with Crippen molar-refractivity contribution >= 4 is 11.2 Å². The van der Waals surface area contributed by atoms with Crippen LogP contribution in [0.1, 0.15) is 18.3 Å². The molecule has 0 aliphatic carbocycles. The van der Waals surface area contributed by atoms with E-state index in [0.29, 0.717) is 47.2 Å². The van der Waals surface area contributed by atoms with Crippen LogP contribution in [0.5, 0.6) is 17.2 Å². The van der Waals surface area contributed by atoms with Crippen molar-refractivity contribution in [3.63, 3.8) is 0 Å². The van der Waals surface area contributed by atoms with Crippen molar-refractivity contribution < 1.29 is 14.2 Å². The molecule has 3 aromatic rings. The normalized spacial score (nSPS) is 10.9. The molecule has 2 aromatic heterocycles. The second-order valence-electron chi connectivity index (χ2n) is 5.44. The molecule has 1 aromatic carbocycles. The van der Waals surface area contributed by atoms with Crippen LogP contribution in [-0.2, 0) is 13.0 Å². The van der Waals surface area contributed by atoms with Gasteiger partial charge in [0.15, 0.2) is 22.7 Å². The molecular weight excluding hydrogens is 324 g/mol. The summed E-state index contributed by atoms with van der Waals surface area (Å²) >= 11 is 0. The minimum atomic E-state index is -0.202.